The first kappa shape index (κ1) is 23.1. The molecule has 9 heteroatoms. The van der Waals surface area contributed by atoms with Crippen molar-refractivity contribution in [2.24, 2.45) is 4.99 Å². The van der Waals surface area contributed by atoms with Crippen molar-refractivity contribution >= 4 is 51.1 Å². The van der Waals surface area contributed by atoms with Crippen molar-refractivity contribution in [3.63, 3.8) is 0 Å². The van der Waals surface area contributed by atoms with Crippen LogP contribution in [0.4, 0.5) is 11.4 Å². The van der Waals surface area contributed by atoms with Gasteiger partial charge in [0.2, 0.25) is 0 Å². The zero-order chi connectivity index (χ0) is 25.4. The molecule has 1 saturated heterocycles. The number of rotatable bonds is 4. The van der Waals surface area contributed by atoms with Crippen LogP contribution in [0, 0.1) is 10.1 Å². The second-order valence-corrected chi connectivity index (χ2v) is 9.77. The van der Waals surface area contributed by atoms with Crippen molar-refractivity contribution < 1.29 is 14.1 Å². The van der Waals surface area contributed by atoms with Gasteiger partial charge in [-0.05, 0) is 41.4 Å². The Labute approximate surface area is 217 Å². The van der Waals surface area contributed by atoms with Crippen molar-refractivity contribution in [2.75, 3.05) is 31.1 Å². The molecule has 0 spiro atoms. The number of nitro benzene ring substituents is 1. The van der Waals surface area contributed by atoms with Gasteiger partial charge in [-0.25, -0.2) is 0 Å². The average Bonchev–Trinajstić information content (AvgIpc) is 3.55. The number of para-hydroxylation sites is 1. The lowest BCUT2D eigenvalue weighted by Crippen LogP contribution is -2.47. The van der Waals surface area contributed by atoms with E-state index in [1.807, 2.05) is 0 Å². The Bertz CT molecular complexity index is 1580. The maximum Gasteiger partial charge on any atom is 0.286 e. The second kappa shape index (κ2) is 9.59. The largest absolute Gasteiger partial charge is 0.456 e. The molecule has 2 aliphatic rings. The molecule has 0 bridgehead atoms. The number of aliphatic imine (C=N–C) groups is 1. The Balaban J connectivity index is 1.14. The van der Waals surface area contributed by atoms with E-state index in [9.17, 15) is 14.9 Å². The molecule has 184 valence electrons. The van der Waals surface area contributed by atoms with Crippen molar-refractivity contribution in [3.05, 3.63) is 99.6 Å². The summed E-state index contributed by atoms with van der Waals surface area (Å²) >= 11 is 1.33. The Kier molecular flexibility index (Phi) is 5.97. The van der Waals surface area contributed by atoms with Crippen molar-refractivity contribution in [3.8, 4) is 11.3 Å². The first-order chi connectivity index (χ1) is 18.1. The minimum Gasteiger partial charge on any atom is -0.456 e. The van der Waals surface area contributed by atoms with Gasteiger partial charge in [0.15, 0.2) is 5.17 Å². The summed E-state index contributed by atoms with van der Waals surface area (Å²) in [6.45, 7) is 3.19. The van der Waals surface area contributed by atoms with Crippen LogP contribution in [0.5, 0.6) is 0 Å². The van der Waals surface area contributed by atoms with Gasteiger partial charge in [-0.3, -0.25) is 14.9 Å². The van der Waals surface area contributed by atoms with E-state index in [0.717, 1.165) is 26.2 Å². The lowest BCUT2D eigenvalue weighted by Gasteiger charge is -2.37. The molecule has 1 fully saturated rings. The fourth-order valence-electron chi connectivity index (χ4n) is 4.70. The lowest BCUT2D eigenvalue weighted by atomic mass is 10.1. The zero-order valence-electron chi connectivity index (χ0n) is 19.7. The van der Waals surface area contributed by atoms with Gasteiger partial charge in [0.1, 0.15) is 11.5 Å². The summed E-state index contributed by atoms with van der Waals surface area (Å²) in [6, 6.07) is 24.6. The lowest BCUT2D eigenvalue weighted by molar-refractivity contribution is -0.384. The van der Waals surface area contributed by atoms with Crippen LogP contribution in [0.3, 0.4) is 0 Å². The summed E-state index contributed by atoms with van der Waals surface area (Å²) in [6.07, 6.45) is 1.65. The molecule has 8 nitrogen and oxygen atoms in total. The van der Waals surface area contributed by atoms with Gasteiger partial charge in [0.25, 0.3) is 11.6 Å². The van der Waals surface area contributed by atoms with E-state index in [1.165, 1.54) is 34.3 Å². The molecule has 0 saturated carbocycles. The highest BCUT2D eigenvalue weighted by Crippen LogP contribution is 2.35. The molecule has 37 heavy (non-hydrogen) atoms. The van der Waals surface area contributed by atoms with E-state index >= 15 is 0 Å². The third-order valence-electron chi connectivity index (χ3n) is 6.53. The Morgan fingerprint density at radius 3 is 2.46 bits per heavy atom. The van der Waals surface area contributed by atoms with Crippen LogP contribution in [0.2, 0.25) is 0 Å². The third-order valence-corrected chi connectivity index (χ3v) is 7.58. The van der Waals surface area contributed by atoms with Gasteiger partial charge in [0, 0.05) is 49.4 Å². The highest BCUT2D eigenvalue weighted by Gasteiger charge is 2.29. The van der Waals surface area contributed by atoms with Gasteiger partial charge in [-0.15, -0.1) is 0 Å². The number of nitrogens with zero attached hydrogens (tertiary/aromatic N) is 4. The molecule has 1 amide bonds. The first-order valence-corrected chi connectivity index (χ1v) is 12.7. The molecular weight excluding hydrogens is 488 g/mol. The number of hydrogen-bond acceptors (Lipinski definition) is 7. The van der Waals surface area contributed by atoms with Crippen LogP contribution in [0.25, 0.3) is 28.2 Å². The van der Waals surface area contributed by atoms with E-state index < -0.39 is 4.92 Å². The molecule has 0 radical (unpaired) electrons. The molecule has 1 aromatic heterocycles. The van der Waals surface area contributed by atoms with Crippen LogP contribution in [0.1, 0.15) is 5.76 Å². The number of fused-ring (bicyclic) bond motifs is 1. The molecule has 3 aromatic carbocycles. The summed E-state index contributed by atoms with van der Waals surface area (Å²) in [7, 11) is 0. The van der Waals surface area contributed by atoms with Gasteiger partial charge < -0.3 is 14.2 Å². The van der Waals surface area contributed by atoms with Gasteiger partial charge in [-0.2, -0.15) is 4.99 Å². The normalized spacial score (nSPS) is 17.0. The zero-order valence-corrected chi connectivity index (χ0v) is 20.6. The topological polar surface area (TPSA) is 92.2 Å². The Hall–Kier alpha value is -4.37. The Morgan fingerprint density at radius 1 is 0.892 bits per heavy atom. The number of thioether (sulfide) groups is 1. The number of benzene rings is 3. The fourth-order valence-corrected chi connectivity index (χ4v) is 5.65. The number of piperazine rings is 1. The van der Waals surface area contributed by atoms with Gasteiger partial charge >= 0.3 is 0 Å². The predicted octanol–water partition coefficient (Wildman–Crippen LogP) is 5.80. The van der Waals surface area contributed by atoms with Crippen LogP contribution in [0.15, 0.2) is 93.2 Å². The minimum absolute atomic E-state index is 0.0318. The number of carbonyl (C=O) groups is 1. The standard InChI is InChI=1S/C28H22N4O4S/c33-27-26(18-20-12-13-25(36-20)22-9-3-4-10-24(22)32(34)35)37-28(29-27)31-16-14-30(15-17-31)23-11-5-7-19-6-1-2-8-21(19)23/h1-13,18H,14-17H2/b26-18-. The molecule has 6 rings (SSSR count). The number of nitro groups is 1. The predicted molar refractivity (Wildman–Crippen MR) is 147 cm³/mol. The molecule has 2 aliphatic heterocycles. The number of carbonyl (C=O) groups excluding carboxylic acids is 1. The molecule has 4 aromatic rings. The SMILES string of the molecule is O=C1N=C(N2CCN(c3cccc4ccccc34)CC2)S/C1=C\c1ccc(-c2ccccc2[N+](=O)[O-])o1. The van der Waals surface area contributed by atoms with E-state index in [0.29, 0.717) is 27.2 Å². The maximum atomic E-state index is 12.6. The van der Waals surface area contributed by atoms with Gasteiger partial charge in [0.05, 0.1) is 15.4 Å². The maximum absolute atomic E-state index is 12.6. The summed E-state index contributed by atoms with van der Waals surface area (Å²) in [5.41, 5.74) is 1.59. The first-order valence-electron chi connectivity index (χ1n) is 11.9. The third kappa shape index (κ3) is 4.49. The van der Waals surface area contributed by atoms with E-state index in [-0.39, 0.29) is 11.6 Å². The molecule has 0 atom stereocenters. The van der Waals surface area contributed by atoms with E-state index in [1.54, 1.807) is 36.4 Å². The van der Waals surface area contributed by atoms with Crippen LogP contribution in [-0.4, -0.2) is 47.1 Å². The van der Waals surface area contributed by atoms with Crippen LogP contribution < -0.4 is 4.90 Å². The minimum atomic E-state index is -0.438. The highest BCUT2D eigenvalue weighted by molar-refractivity contribution is 8.18. The molecular formula is C28H22N4O4S. The highest BCUT2D eigenvalue weighted by atomic mass is 32.2. The van der Waals surface area contributed by atoms with E-state index in [4.69, 9.17) is 4.42 Å². The summed E-state index contributed by atoms with van der Waals surface area (Å²) in [4.78, 5) is 32.8. The monoisotopic (exact) mass is 510 g/mol. The molecule has 0 aliphatic carbocycles. The average molecular weight is 511 g/mol. The molecule has 0 N–H and O–H groups in total. The number of amidine groups is 1. The van der Waals surface area contributed by atoms with Crippen molar-refractivity contribution in [1.82, 2.24) is 4.90 Å². The van der Waals surface area contributed by atoms with Gasteiger partial charge in [-0.1, -0.05) is 48.5 Å². The van der Waals surface area contributed by atoms with E-state index in [2.05, 4.69) is 57.3 Å². The quantitative estimate of drug-likeness (QED) is 0.195. The van der Waals surface area contributed by atoms with Crippen molar-refractivity contribution in [2.45, 2.75) is 0 Å². The molecule has 3 heterocycles. The van der Waals surface area contributed by atoms with Crippen LogP contribution in [-0.2, 0) is 4.79 Å². The summed E-state index contributed by atoms with van der Waals surface area (Å²) < 4.78 is 5.83. The second-order valence-electron chi connectivity index (χ2n) is 8.76. The number of anilines is 1. The smallest absolute Gasteiger partial charge is 0.286 e. The Morgan fingerprint density at radius 2 is 1.62 bits per heavy atom. The molecule has 0 unspecified atom stereocenters. The summed E-state index contributed by atoms with van der Waals surface area (Å²) in [5.74, 6) is 0.515. The fraction of sp³-hybridized carbons (Fsp3) is 0.143. The summed E-state index contributed by atoms with van der Waals surface area (Å²) in [5, 5.41) is 14.5. The number of furan rings is 1. The number of hydrogen-bond donors (Lipinski definition) is 0. The van der Waals surface area contributed by atoms with Crippen molar-refractivity contribution in [1.29, 1.82) is 0 Å². The number of amides is 1. The van der Waals surface area contributed by atoms with Crippen LogP contribution >= 0.6 is 11.8 Å².